The number of hydrogen-bond donors (Lipinski definition) is 1. The van der Waals surface area contributed by atoms with E-state index in [1.807, 2.05) is 9.47 Å². The van der Waals surface area contributed by atoms with E-state index in [2.05, 4.69) is 34.6 Å². The first-order chi connectivity index (χ1) is 21.2. The number of hydrogen-bond acceptors (Lipinski definition) is 11. The summed E-state index contributed by atoms with van der Waals surface area (Å²) in [6, 6.07) is 13.8. The molecule has 7 rings (SSSR count). The molecule has 5 heterocycles. The maximum absolute atomic E-state index is 13.0. The molecule has 1 unspecified atom stereocenters. The second-order valence-electron chi connectivity index (χ2n) is 10.8. The highest BCUT2D eigenvalue weighted by Crippen LogP contribution is 2.50. The molecule has 3 aliphatic heterocycles. The Morgan fingerprint density at radius 2 is 1.66 bits per heavy atom. The van der Waals surface area contributed by atoms with Crippen molar-refractivity contribution in [3.05, 3.63) is 85.7 Å². The molecule has 0 saturated heterocycles. The van der Waals surface area contributed by atoms with E-state index in [4.69, 9.17) is 27.9 Å². The number of benzene rings is 2. The second kappa shape index (κ2) is 11.8. The molecule has 3 aliphatic rings. The van der Waals surface area contributed by atoms with Gasteiger partial charge >= 0.3 is 0 Å². The summed E-state index contributed by atoms with van der Waals surface area (Å²) >= 11 is 16.4. The van der Waals surface area contributed by atoms with Crippen LogP contribution in [0.25, 0.3) is 5.00 Å². The average Bonchev–Trinajstić information content (AvgIpc) is 3.74. The van der Waals surface area contributed by atoms with E-state index in [9.17, 15) is 9.59 Å². The smallest absolute Gasteiger partial charge is 0.241 e. The van der Waals surface area contributed by atoms with Gasteiger partial charge in [-0.15, -0.1) is 21.5 Å². The number of thioether (sulfide) groups is 2. The third kappa shape index (κ3) is 5.35. The van der Waals surface area contributed by atoms with E-state index in [0.717, 1.165) is 28.3 Å². The Kier molecular flexibility index (Phi) is 8.00. The SMILES string of the molecule is CC[C@]1(C)Cc2c(sc3c2C2NN=C(SCC(=O)c4ccc(Cl)cc4)N2c2nnc(SCC(=O)c4ccc(Cl)cc4)n2-3)CO1. The van der Waals surface area contributed by atoms with Crippen molar-refractivity contribution in [2.45, 2.75) is 50.2 Å². The van der Waals surface area contributed by atoms with E-state index in [0.29, 0.717) is 44.1 Å². The van der Waals surface area contributed by atoms with Gasteiger partial charge in [0.25, 0.3) is 0 Å². The maximum atomic E-state index is 13.0. The highest BCUT2D eigenvalue weighted by molar-refractivity contribution is 8.14. The number of Topliss-reactive ketones (excluding diaryl/α,β-unsaturated/α-hetero) is 2. The third-order valence-corrected chi connectivity index (χ3v) is 11.6. The molecular weight excluding hydrogens is 659 g/mol. The largest absolute Gasteiger partial charge is 0.369 e. The highest BCUT2D eigenvalue weighted by Gasteiger charge is 2.46. The van der Waals surface area contributed by atoms with E-state index < -0.39 is 0 Å². The third-order valence-electron chi connectivity index (χ3n) is 8.01. The van der Waals surface area contributed by atoms with Crippen molar-refractivity contribution >= 4 is 80.7 Å². The molecule has 0 bridgehead atoms. The van der Waals surface area contributed by atoms with Gasteiger partial charge in [-0.1, -0.05) is 53.6 Å². The fourth-order valence-electron chi connectivity index (χ4n) is 5.39. The van der Waals surface area contributed by atoms with Crippen LogP contribution in [0.1, 0.15) is 63.2 Å². The molecule has 226 valence electrons. The number of fused-ring (bicyclic) bond motifs is 8. The summed E-state index contributed by atoms with van der Waals surface area (Å²) in [6.07, 6.45) is 1.35. The van der Waals surface area contributed by atoms with Crippen LogP contribution < -0.4 is 10.3 Å². The van der Waals surface area contributed by atoms with Crippen LogP contribution in [0, 0.1) is 0 Å². The lowest BCUT2D eigenvalue weighted by Gasteiger charge is -2.35. The lowest BCUT2D eigenvalue weighted by atomic mass is 9.88. The lowest BCUT2D eigenvalue weighted by Crippen LogP contribution is -2.40. The summed E-state index contributed by atoms with van der Waals surface area (Å²) in [6.45, 7) is 4.82. The number of ether oxygens (including phenoxy) is 1. The highest BCUT2D eigenvalue weighted by atomic mass is 35.5. The summed E-state index contributed by atoms with van der Waals surface area (Å²) in [5.41, 5.74) is 6.57. The minimum absolute atomic E-state index is 0.0299. The number of halogens is 2. The Balaban J connectivity index is 1.21. The van der Waals surface area contributed by atoms with E-state index in [1.54, 1.807) is 59.9 Å². The molecule has 1 N–H and O–H groups in total. The monoisotopic (exact) mass is 684 g/mol. The van der Waals surface area contributed by atoms with Gasteiger partial charge in [0, 0.05) is 38.0 Å². The van der Waals surface area contributed by atoms with Gasteiger partial charge in [-0.05, 0) is 67.4 Å². The van der Waals surface area contributed by atoms with Gasteiger partial charge < -0.3 is 4.74 Å². The number of rotatable bonds is 8. The summed E-state index contributed by atoms with van der Waals surface area (Å²) in [5.74, 6) is 0.892. The van der Waals surface area contributed by atoms with Gasteiger partial charge in [0.2, 0.25) is 5.95 Å². The van der Waals surface area contributed by atoms with Crippen LogP contribution >= 0.6 is 58.1 Å². The molecule has 4 aromatic rings. The molecule has 0 fully saturated rings. The number of carbonyl (C=O) groups is 2. The molecule has 2 aromatic carbocycles. The molecular formula is C30H26Cl2N6O3S3. The number of thiophene rings is 1. The van der Waals surface area contributed by atoms with Crippen molar-refractivity contribution in [3.63, 3.8) is 0 Å². The van der Waals surface area contributed by atoms with Crippen LogP contribution in [0.3, 0.4) is 0 Å². The number of aromatic nitrogens is 3. The van der Waals surface area contributed by atoms with Crippen LogP contribution in [0.5, 0.6) is 0 Å². The number of nitrogens with one attached hydrogen (secondary N) is 1. The minimum Gasteiger partial charge on any atom is -0.369 e. The summed E-state index contributed by atoms with van der Waals surface area (Å²) in [4.78, 5) is 29.2. The zero-order valence-electron chi connectivity index (χ0n) is 23.7. The second-order valence-corrected chi connectivity index (χ2v) is 14.7. The molecule has 0 saturated carbocycles. The van der Waals surface area contributed by atoms with Crippen molar-refractivity contribution < 1.29 is 14.3 Å². The van der Waals surface area contributed by atoms with Crippen LogP contribution in [0.4, 0.5) is 5.95 Å². The van der Waals surface area contributed by atoms with Gasteiger partial charge in [-0.2, -0.15) is 5.10 Å². The molecule has 0 spiro atoms. The number of amidine groups is 1. The number of carbonyl (C=O) groups excluding carboxylic acids is 2. The summed E-state index contributed by atoms with van der Waals surface area (Å²) < 4.78 is 8.32. The molecule has 9 nitrogen and oxygen atoms in total. The molecule has 2 atom stereocenters. The predicted octanol–water partition coefficient (Wildman–Crippen LogP) is 7.16. The first-order valence-electron chi connectivity index (χ1n) is 13.9. The molecule has 2 aromatic heterocycles. The quantitative estimate of drug-likeness (QED) is 0.153. The van der Waals surface area contributed by atoms with Crippen molar-refractivity contribution in [2.75, 3.05) is 16.4 Å². The van der Waals surface area contributed by atoms with Crippen molar-refractivity contribution in [3.8, 4) is 5.00 Å². The topological polar surface area (TPSA) is 102 Å². The van der Waals surface area contributed by atoms with E-state index in [-0.39, 0.29) is 34.8 Å². The Morgan fingerprint density at radius 3 is 2.30 bits per heavy atom. The van der Waals surface area contributed by atoms with Crippen LogP contribution in [-0.4, -0.2) is 48.6 Å². The fourth-order valence-corrected chi connectivity index (χ4v) is 8.65. The molecule has 0 amide bonds. The summed E-state index contributed by atoms with van der Waals surface area (Å²) in [7, 11) is 0. The van der Waals surface area contributed by atoms with E-state index >= 15 is 0 Å². The van der Waals surface area contributed by atoms with Crippen LogP contribution in [-0.2, 0) is 17.8 Å². The van der Waals surface area contributed by atoms with Crippen molar-refractivity contribution in [1.82, 2.24) is 20.2 Å². The maximum Gasteiger partial charge on any atom is 0.241 e. The first kappa shape index (κ1) is 29.8. The number of nitrogens with zero attached hydrogens (tertiary/aromatic N) is 5. The van der Waals surface area contributed by atoms with Crippen molar-refractivity contribution in [2.24, 2.45) is 5.10 Å². The van der Waals surface area contributed by atoms with E-state index in [1.165, 1.54) is 29.1 Å². The average molecular weight is 686 g/mol. The molecule has 14 heteroatoms. The Labute approximate surface area is 276 Å². The number of ketones is 2. The Hall–Kier alpha value is -2.87. The number of hydrazone groups is 1. The minimum atomic E-state index is -0.303. The van der Waals surface area contributed by atoms with Crippen LogP contribution in [0.15, 0.2) is 58.8 Å². The summed E-state index contributed by atoms with van der Waals surface area (Å²) in [5, 5.41) is 17.2. The van der Waals surface area contributed by atoms with Gasteiger partial charge in [-0.25, -0.2) is 4.57 Å². The van der Waals surface area contributed by atoms with Gasteiger partial charge in [0.15, 0.2) is 28.1 Å². The standard InChI is InChI=1S/C30H26Cl2N6O3S3/c1-3-30(2)12-20-23(13-41-30)44-26-24(20)25-33-35-28(42-14-21(39)16-4-8-18(31)9-5-16)37(25)27-34-36-29(38(26)27)43-15-22(40)17-6-10-19(32)11-7-17/h4-11,25,33H,3,12-15H2,1-2H3/t25?,30-/m1/s1. The fraction of sp³-hybridized carbons (Fsp3) is 0.300. The Morgan fingerprint density at radius 1 is 1.02 bits per heavy atom. The normalized spacial score (nSPS) is 19.9. The van der Waals surface area contributed by atoms with Crippen molar-refractivity contribution in [1.29, 1.82) is 0 Å². The zero-order chi connectivity index (χ0) is 30.6. The molecule has 0 radical (unpaired) electrons. The predicted molar refractivity (Wildman–Crippen MR) is 177 cm³/mol. The van der Waals surface area contributed by atoms with Gasteiger partial charge in [-0.3, -0.25) is 19.9 Å². The van der Waals surface area contributed by atoms with Gasteiger partial charge in [0.05, 0.1) is 23.7 Å². The lowest BCUT2D eigenvalue weighted by molar-refractivity contribution is -0.0549. The molecule has 0 aliphatic carbocycles. The van der Waals surface area contributed by atoms with Gasteiger partial charge in [0.1, 0.15) is 5.00 Å². The first-order valence-corrected chi connectivity index (χ1v) is 17.5. The van der Waals surface area contributed by atoms with Crippen LogP contribution in [0.2, 0.25) is 10.0 Å². The number of anilines is 1. The Bertz CT molecular complexity index is 1810. The zero-order valence-corrected chi connectivity index (χ0v) is 27.6. The molecule has 44 heavy (non-hydrogen) atoms.